The van der Waals surface area contributed by atoms with Crippen LogP contribution < -0.4 is 5.32 Å². The van der Waals surface area contributed by atoms with E-state index in [0.717, 1.165) is 22.4 Å². The zero-order chi connectivity index (χ0) is 12.1. The van der Waals surface area contributed by atoms with E-state index in [1.54, 1.807) is 6.26 Å². The zero-order valence-corrected chi connectivity index (χ0v) is 13.2. The van der Waals surface area contributed by atoms with E-state index in [0.29, 0.717) is 17.3 Å². The molecule has 92 valence electrons. The Morgan fingerprint density at radius 2 is 2.25 bits per heavy atom. The van der Waals surface area contributed by atoms with Crippen molar-refractivity contribution in [1.29, 1.82) is 0 Å². The van der Waals surface area contributed by atoms with Crippen molar-refractivity contribution in [3.8, 4) is 0 Å². The average Bonchev–Trinajstić information content (AvgIpc) is 2.52. The van der Waals surface area contributed by atoms with Crippen molar-refractivity contribution in [3.05, 3.63) is 21.0 Å². The maximum Gasteiger partial charge on any atom is 0.183 e. The fourth-order valence-corrected chi connectivity index (χ4v) is 2.54. The van der Waals surface area contributed by atoms with Gasteiger partial charge in [-0.2, -0.15) is 0 Å². The average molecular weight is 373 g/mol. The minimum Gasteiger partial charge on any atom is -0.452 e. The second-order valence-corrected chi connectivity index (χ2v) is 6.81. The highest BCUT2D eigenvalue weighted by Crippen LogP contribution is 2.26. The first-order valence-corrected chi connectivity index (χ1v) is 8.27. The van der Waals surface area contributed by atoms with Crippen LogP contribution in [0.5, 0.6) is 0 Å². The van der Waals surface area contributed by atoms with Gasteiger partial charge in [0.1, 0.15) is 5.76 Å². The Labute approximate surface area is 115 Å². The van der Waals surface area contributed by atoms with Gasteiger partial charge in [0.2, 0.25) is 0 Å². The molecule has 0 fully saturated rings. The summed E-state index contributed by atoms with van der Waals surface area (Å²) in [6.45, 7) is 2.77. The molecule has 0 aromatic carbocycles. The van der Waals surface area contributed by atoms with Gasteiger partial charge in [-0.05, 0) is 51.3 Å². The summed E-state index contributed by atoms with van der Waals surface area (Å²) < 4.78 is 18.0. The predicted octanol–water partition coefficient (Wildman–Crippen LogP) is 3.05. The first-order chi connectivity index (χ1) is 7.49. The quantitative estimate of drug-likeness (QED) is 0.834. The molecule has 1 aromatic rings. The van der Waals surface area contributed by atoms with E-state index in [4.69, 9.17) is 4.42 Å². The minimum absolute atomic E-state index is 0.339. The molecule has 0 saturated heterocycles. The first kappa shape index (κ1) is 14.4. The van der Waals surface area contributed by atoms with Crippen LogP contribution in [-0.2, 0) is 17.3 Å². The van der Waals surface area contributed by atoms with Gasteiger partial charge in [0, 0.05) is 28.9 Å². The Hall–Kier alpha value is 0.350. The van der Waals surface area contributed by atoms with E-state index in [2.05, 4.69) is 44.1 Å². The van der Waals surface area contributed by atoms with Crippen molar-refractivity contribution in [1.82, 2.24) is 5.32 Å². The molecule has 0 aliphatic carbocycles. The van der Waals surface area contributed by atoms with Crippen LogP contribution in [0.4, 0.5) is 0 Å². The maximum atomic E-state index is 10.9. The number of hydrogen-bond donors (Lipinski definition) is 1. The van der Waals surface area contributed by atoms with Gasteiger partial charge in [-0.15, -0.1) is 0 Å². The van der Waals surface area contributed by atoms with Gasteiger partial charge < -0.3 is 9.73 Å². The topological polar surface area (TPSA) is 42.2 Å². The molecule has 0 radical (unpaired) electrons. The van der Waals surface area contributed by atoms with Gasteiger partial charge in [0.25, 0.3) is 0 Å². The number of halogens is 2. The van der Waals surface area contributed by atoms with E-state index in [-0.39, 0.29) is 0 Å². The molecule has 0 amide bonds. The molecule has 0 aliphatic rings. The minimum atomic E-state index is -0.712. The van der Waals surface area contributed by atoms with Gasteiger partial charge in [0.05, 0.1) is 11.0 Å². The molecular weight excluding hydrogens is 358 g/mol. The van der Waals surface area contributed by atoms with Gasteiger partial charge in [-0.25, -0.2) is 0 Å². The second kappa shape index (κ2) is 6.93. The molecule has 0 aliphatic heterocycles. The van der Waals surface area contributed by atoms with E-state index in [9.17, 15) is 4.21 Å². The van der Waals surface area contributed by atoms with Crippen molar-refractivity contribution >= 4 is 42.7 Å². The molecule has 2 unspecified atom stereocenters. The predicted molar refractivity (Wildman–Crippen MR) is 74.0 cm³/mol. The summed E-state index contributed by atoms with van der Waals surface area (Å²) >= 11 is 6.66. The van der Waals surface area contributed by atoms with Gasteiger partial charge in [0.15, 0.2) is 4.67 Å². The van der Waals surface area contributed by atoms with Crippen LogP contribution in [0.25, 0.3) is 0 Å². The smallest absolute Gasteiger partial charge is 0.183 e. The Balaban J connectivity index is 2.31. The van der Waals surface area contributed by atoms with Crippen LogP contribution in [0.15, 0.2) is 19.6 Å². The van der Waals surface area contributed by atoms with Crippen LogP contribution in [0.2, 0.25) is 0 Å². The van der Waals surface area contributed by atoms with Crippen LogP contribution >= 0.6 is 31.9 Å². The lowest BCUT2D eigenvalue weighted by molar-refractivity contribution is 0.438. The van der Waals surface area contributed by atoms with Gasteiger partial charge in [-0.3, -0.25) is 4.21 Å². The summed E-state index contributed by atoms with van der Waals surface area (Å²) in [7, 11) is -0.712. The lowest BCUT2D eigenvalue weighted by Gasteiger charge is -2.11. The summed E-state index contributed by atoms with van der Waals surface area (Å²) in [5.41, 5.74) is 0. The van der Waals surface area contributed by atoms with Crippen molar-refractivity contribution in [2.45, 2.75) is 25.9 Å². The Morgan fingerprint density at radius 1 is 1.56 bits per heavy atom. The van der Waals surface area contributed by atoms with Gasteiger partial charge in [-0.1, -0.05) is 0 Å². The van der Waals surface area contributed by atoms with Crippen molar-refractivity contribution in [3.63, 3.8) is 0 Å². The number of rotatable bonds is 6. The fourth-order valence-electron chi connectivity index (χ4n) is 1.20. The third-order valence-corrected chi connectivity index (χ3v) is 4.68. The lowest BCUT2D eigenvalue weighted by atomic mass is 10.2. The van der Waals surface area contributed by atoms with Crippen molar-refractivity contribution < 1.29 is 8.63 Å². The third kappa shape index (κ3) is 5.12. The first-order valence-electron chi connectivity index (χ1n) is 4.96. The summed E-state index contributed by atoms with van der Waals surface area (Å²) in [6.07, 6.45) is 2.64. The Bertz CT molecular complexity index is 348. The number of furan rings is 1. The number of hydrogen-bond acceptors (Lipinski definition) is 3. The molecule has 1 aromatic heterocycles. The molecular formula is C10H15Br2NO2S. The summed E-state index contributed by atoms with van der Waals surface area (Å²) in [4.78, 5) is 0. The number of nitrogens with one attached hydrogen (secondary N) is 1. The van der Waals surface area contributed by atoms with Gasteiger partial charge >= 0.3 is 0 Å². The molecule has 16 heavy (non-hydrogen) atoms. The standard InChI is InChI=1S/C10H15Br2NO2S/c1-7(3-4-16(2)14)13-6-8-5-9(11)10(12)15-8/h5,7,13H,3-4,6H2,1-2H3. The van der Waals surface area contributed by atoms with Crippen LogP contribution in [0, 0.1) is 0 Å². The molecule has 2 atom stereocenters. The van der Waals surface area contributed by atoms with E-state index in [1.165, 1.54) is 0 Å². The third-order valence-electron chi connectivity index (χ3n) is 2.16. The molecule has 1 heterocycles. The van der Waals surface area contributed by atoms with E-state index in [1.807, 2.05) is 6.07 Å². The van der Waals surface area contributed by atoms with E-state index >= 15 is 0 Å². The highest BCUT2D eigenvalue weighted by molar-refractivity contribution is 9.13. The highest BCUT2D eigenvalue weighted by Gasteiger charge is 2.08. The van der Waals surface area contributed by atoms with E-state index < -0.39 is 10.8 Å². The molecule has 3 nitrogen and oxygen atoms in total. The summed E-state index contributed by atoms with van der Waals surface area (Å²) in [5, 5.41) is 3.32. The molecule has 6 heteroatoms. The highest BCUT2D eigenvalue weighted by atomic mass is 79.9. The largest absolute Gasteiger partial charge is 0.452 e. The Kier molecular flexibility index (Phi) is 6.25. The van der Waals surface area contributed by atoms with Crippen molar-refractivity contribution in [2.75, 3.05) is 12.0 Å². The maximum absolute atomic E-state index is 10.9. The lowest BCUT2D eigenvalue weighted by Crippen LogP contribution is -2.26. The molecule has 0 spiro atoms. The normalized spacial score (nSPS) is 15.0. The molecule has 0 bridgehead atoms. The molecule has 1 rings (SSSR count). The van der Waals surface area contributed by atoms with Crippen LogP contribution in [-0.4, -0.2) is 22.3 Å². The second-order valence-electron chi connectivity index (χ2n) is 3.68. The summed E-state index contributed by atoms with van der Waals surface area (Å²) in [5.74, 6) is 1.61. The molecule has 0 saturated carbocycles. The summed E-state index contributed by atoms with van der Waals surface area (Å²) in [6, 6.07) is 2.27. The van der Waals surface area contributed by atoms with Crippen LogP contribution in [0.3, 0.4) is 0 Å². The SMILES string of the molecule is CC(CCS(C)=O)NCc1cc(Br)c(Br)o1. The monoisotopic (exact) mass is 371 g/mol. The zero-order valence-electron chi connectivity index (χ0n) is 9.26. The van der Waals surface area contributed by atoms with Crippen molar-refractivity contribution in [2.24, 2.45) is 0 Å². The molecule has 1 N–H and O–H groups in total. The van der Waals surface area contributed by atoms with Crippen LogP contribution in [0.1, 0.15) is 19.1 Å². The fraction of sp³-hybridized carbons (Fsp3) is 0.600. The Morgan fingerprint density at radius 3 is 2.75 bits per heavy atom.